The Morgan fingerprint density at radius 1 is 1.15 bits per heavy atom. The number of aromatic nitrogens is 4. The van der Waals surface area contributed by atoms with Gasteiger partial charge in [-0.3, -0.25) is 9.80 Å². The van der Waals surface area contributed by atoms with E-state index < -0.39 is 23.8 Å². The predicted molar refractivity (Wildman–Crippen MR) is 121 cm³/mol. The fourth-order valence-electron chi connectivity index (χ4n) is 4.36. The standard InChI is InChI=1S/C24H24F2N6O2/c1-16-27-29-32(28-16)15-20-14-31(24(33)34-20)19-11-21(25)23(22(26)12-19)18-7-9-30(10-8-18)13-17-5-3-2-4-6-17/h2-7,11-12,20H,8-10,13-15H2,1H3/t20-/m1/s1. The Morgan fingerprint density at radius 2 is 1.91 bits per heavy atom. The third-order valence-corrected chi connectivity index (χ3v) is 6.00. The van der Waals surface area contributed by atoms with Crippen molar-refractivity contribution in [3.63, 3.8) is 0 Å². The van der Waals surface area contributed by atoms with Gasteiger partial charge in [-0.25, -0.2) is 13.6 Å². The van der Waals surface area contributed by atoms with Gasteiger partial charge in [0, 0.05) is 25.2 Å². The van der Waals surface area contributed by atoms with Gasteiger partial charge < -0.3 is 4.74 Å². The Labute approximate surface area is 195 Å². The maximum Gasteiger partial charge on any atom is 0.414 e. The van der Waals surface area contributed by atoms with E-state index in [1.165, 1.54) is 27.4 Å². The zero-order chi connectivity index (χ0) is 23.7. The summed E-state index contributed by atoms with van der Waals surface area (Å²) in [6, 6.07) is 12.5. The lowest BCUT2D eigenvalue weighted by Crippen LogP contribution is -2.28. The summed E-state index contributed by atoms with van der Waals surface area (Å²) in [5, 5.41) is 11.7. The summed E-state index contributed by atoms with van der Waals surface area (Å²) in [7, 11) is 0. The number of ether oxygens (including phenoxy) is 1. The molecule has 34 heavy (non-hydrogen) atoms. The van der Waals surface area contributed by atoms with Gasteiger partial charge in [0.2, 0.25) is 0 Å². The van der Waals surface area contributed by atoms with Crippen LogP contribution < -0.4 is 4.90 Å². The average molecular weight is 466 g/mol. The number of aryl methyl sites for hydroxylation is 1. The summed E-state index contributed by atoms with van der Waals surface area (Å²) in [6.45, 7) is 4.15. The van der Waals surface area contributed by atoms with Crippen molar-refractivity contribution in [2.45, 2.75) is 32.5 Å². The van der Waals surface area contributed by atoms with Crippen LogP contribution in [0, 0.1) is 18.6 Å². The highest BCUT2D eigenvalue weighted by atomic mass is 19.1. The molecule has 1 aromatic heterocycles. The average Bonchev–Trinajstić information content (AvgIpc) is 3.39. The van der Waals surface area contributed by atoms with Crippen LogP contribution in [0.4, 0.5) is 19.3 Å². The number of halogens is 2. The molecule has 8 nitrogen and oxygen atoms in total. The van der Waals surface area contributed by atoms with E-state index in [4.69, 9.17) is 4.74 Å². The van der Waals surface area contributed by atoms with Crippen LogP contribution in [0.25, 0.3) is 5.57 Å². The van der Waals surface area contributed by atoms with Crippen molar-refractivity contribution in [2.75, 3.05) is 24.5 Å². The van der Waals surface area contributed by atoms with Gasteiger partial charge in [-0.1, -0.05) is 36.4 Å². The molecule has 2 aliphatic rings. The summed E-state index contributed by atoms with van der Waals surface area (Å²) in [5.41, 5.74) is 1.93. The molecule has 0 unspecified atom stereocenters. The Bertz CT molecular complexity index is 1210. The van der Waals surface area contributed by atoms with E-state index in [2.05, 4.69) is 32.4 Å². The third-order valence-electron chi connectivity index (χ3n) is 6.00. The van der Waals surface area contributed by atoms with E-state index in [9.17, 15) is 4.79 Å². The number of cyclic esters (lactones) is 1. The van der Waals surface area contributed by atoms with E-state index in [1.807, 2.05) is 24.3 Å². The Kier molecular flexibility index (Phi) is 6.06. The number of benzene rings is 2. The highest BCUT2D eigenvalue weighted by Crippen LogP contribution is 2.32. The number of hydrogen-bond acceptors (Lipinski definition) is 6. The second-order valence-corrected chi connectivity index (χ2v) is 8.49. The smallest absolute Gasteiger partial charge is 0.414 e. The lowest BCUT2D eigenvalue weighted by Gasteiger charge is -2.27. The van der Waals surface area contributed by atoms with Gasteiger partial charge in [0.05, 0.1) is 12.2 Å². The first kappa shape index (κ1) is 22.1. The van der Waals surface area contributed by atoms with Crippen molar-refractivity contribution in [1.29, 1.82) is 0 Å². The van der Waals surface area contributed by atoms with E-state index in [0.717, 1.165) is 6.54 Å². The van der Waals surface area contributed by atoms with Crippen LogP contribution in [-0.4, -0.2) is 56.9 Å². The zero-order valence-corrected chi connectivity index (χ0v) is 18.7. The highest BCUT2D eigenvalue weighted by Gasteiger charge is 2.34. The predicted octanol–water partition coefficient (Wildman–Crippen LogP) is 3.57. The molecule has 10 heteroatoms. The second-order valence-electron chi connectivity index (χ2n) is 8.49. The van der Waals surface area contributed by atoms with Crippen molar-refractivity contribution in [3.8, 4) is 0 Å². The normalized spacial score (nSPS) is 18.8. The summed E-state index contributed by atoms with van der Waals surface area (Å²) in [4.78, 5) is 17.1. The Morgan fingerprint density at radius 3 is 2.56 bits per heavy atom. The van der Waals surface area contributed by atoms with Gasteiger partial charge in [-0.15, -0.1) is 10.2 Å². The number of hydrogen-bond donors (Lipinski definition) is 0. The summed E-state index contributed by atoms with van der Waals surface area (Å²) < 4.78 is 35.4. The maximum atomic E-state index is 15.1. The van der Waals surface area contributed by atoms with Crippen molar-refractivity contribution < 1.29 is 18.3 Å². The van der Waals surface area contributed by atoms with Crippen LogP contribution in [0.2, 0.25) is 0 Å². The summed E-state index contributed by atoms with van der Waals surface area (Å²) in [6.07, 6.45) is 1.20. The molecule has 0 bridgehead atoms. The first-order valence-corrected chi connectivity index (χ1v) is 11.1. The van der Waals surface area contributed by atoms with Gasteiger partial charge in [-0.05, 0) is 41.8 Å². The third kappa shape index (κ3) is 4.67. The molecular weight excluding hydrogens is 442 g/mol. The van der Waals surface area contributed by atoms with Crippen LogP contribution >= 0.6 is 0 Å². The van der Waals surface area contributed by atoms with Crippen LogP contribution in [-0.2, 0) is 17.8 Å². The topological polar surface area (TPSA) is 76.4 Å². The molecule has 1 amide bonds. The number of anilines is 1. The molecule has 1 atom stereocenters. The highest BCUT2D eigenvalue weighted by molar-refractivity contribution is 5.90. The van der Waals surface area contributed by atoms with E-state index in [-0.39, 0.29) is 24.3 Å². The van der Waals surface area contributed by atoms with Crippen molar-refractivity contribution in [3.05, 3.63) is 77.1 Å². The molecule has 2 aromatic carbocycles. The van der Waals surface area contributed by atoms with Crippen LogP contribution in [0.1, 0.15) is 23.4 Å². The lowest BCUT2D eigenvalue weighted by atomic mass is 9.97. The number of rotatable bonds is 6. The van der Waals surface area contributed by atoms with Crippen molar-refractivity contribution in [2.24, 2.45) is 0 Å². The molecule has 176 valence electrons. The Hall–Kier alpha value is -3.66. The molecule has 0 saturated carbocycles. The number of carbonyl (C=O) groups is 1. The van der Waals surface area contributed by atoms with Crippen LogP contribution in [0.5, 0.6) is 0 Å². The molecule has 3 heterocycles. The van der Waals surface area contributed by atoms with E-state index in [0.29, 0.717) is 30.9 Å². The van der Waals surface area contributed by atoms with Crippen LogP contribution in [0.3, 0.4) is 0 Å². The van der Waals surface area contributed by atoms with Gasteiger partial charge >= 0.3 is 6.09 Å². The van der Waals surface area contributed by atoms with E-state index >= 15 is 8.78 Å². The number of tetrazole rings is 1. The largest absolute Gasteiger partial charge is 0.442 e. The Balaban J connectivity index is 1.28. The minimum absolute atomic E-state index is 0.0329. The number of nitrogens with zero attached hydrogens (tertiary/aromatic N) is 6. The van der Waals surface area contributed by atoms with Gasteiger partial charge in [0.15, 0.2) is 5.82 Å². The first-order valence-electron chi connectivity index (χ1n) is 11.1. The number of amides is 1. The molecule has 2 aliphatic heterocycles. The minimum Gasteiger partial charge on any atom is -0.442 e. The maximum absolute atomic E-state index is 15.1. The van der Waals surface area contributed by atoms with Gasteiger partial charge in [0.25, 0.3) is 0 Å². The van der Waals surface area contributed by atoms with Crippen LogP contribution in [0.15, 0.2) is 48.5 Å². The molecule has 1 fully saturated rings. The first-order chi connectivity index (χ1) is 16.5. The second kappa shape index (κ2) is 9.30. The molecule has 1 saturated heterocycles. The summed E-state index contributed by atoms with van der Waals surface area (Å²) in [5.74, 6) is -0.883. The number of carbonyl (C=O) groups excluding carboxylic acids is 1. The quantitative estimate of drug-likeness (QED) is 0.553. The van der Waals surface area contributed by atoms with Gasteiger partial charge in [0.1, 0.15) is 24.3 Å². The monoisotopic (exact) mass is 466 g/mol. The zero-order valence-electron chi connectivity index (χ0n) is 18.7. The molecule has 0 spiro atoms. The molecule has 5 rings (SSSR count). The molecule has 3 aromatic rings. The molecular formula is C24H24F2N6O2. The molecule has 0 radical (unpaired) electrons. The van der Waals surface area contributed by atoms with Gasteiger partial charge in [-0.2, -0.15) is 4.80 Å². The van der Waals surface area contributed by atoms with Crippen molar-refractivity contribution in [1.82, 2.24) is 25.1 Å². The molecule has 0 N–H and O–H groups in total. The van der Waals surface area contributed by atoms with E-state index in [1.54, 1.807) is 6.92 Å². The fourth-order valence-corrected chi connectivity index (χ4v) is 4.36. The van der Waals surface area contributed by atoms with Crippen molar-refractivity contribution >= 4 is 17.4 Å². The SMILES string of the molecule is Cc1nnn(C[C@H]2CN(c3cc(F)c(C4=CCN(Cc5ccccc5)CC4)c(F)c3)C(=O)O2)n1. The minimum atomic E-state index is -0.692. The summed E-state index contributed by atoms with van der Waals surface area (Å²) >= 11 is 0. The fraction of sp³-hybridized carbons (Fsp3) is 0.333. The molecule has 0 aliphatic carbocycles. The lowest BCUT2D eigenvalue weighted by molar-refractivity contribution is 0.126.